The summed E-state index contributed by atoms with van der Waals surface area (Å²) in [5, 5.41) is 10.1. The van der Waals surface area contributed by atoms with Crippen LogP contribution < -0.4 is 10.6 Å². The standard InChI is InChI=1S/C17H21N5O2/c1-22-16(11-2-3-11)7-14(21-22)9-19-17(23)20-13-6-12-10-24-5-4-15(12)18-8-13/h6-8,11H,2-5,9-10H2,1H3,(H2,19,20,23). The van der Waals surface area contributed by atoms with Crippen LogP contribution in [-0.4, -0.2) is 27.4 Å². The van der Waals surface area contributed by atoms with Crippen LogP contribution in [0.4, 0.5) is 10.5 Å². The number of urea groups is 1. The Bertz CT molecular complexity index is 766. The third-order valence-corrected chi connectivity index (χ3v) is 4.45. The van der Waals surface area contributed by atoms with Crippen LogP contribution in [0.5, 0.6) is 0 Å². The zero-order chi connectivity index (χ0) is 16.5. The molecule has 0 spiro atoms. The maximum atomic E-state index is 12.1. The zero-order valence-electron chi connectivity index (χ0n) is 13.7. The van der Waals surface area contributed by atoms with Crippen LogP contribution in [0.15, 0.2) is 18.3 Å². The first-order valence-corrected chi connectivity index (χ1v) is 8.32. The molecular formula is C17H21N5O2. The van der Waals surface area contributed by atoms with E-state index in [0.717, 1.165) is 23.4 Å². The molecule has 1 saturated carbocycles. The minimum Gasteiger partial charge on any atom is -0.376 e. The lowest BCUT2D eigenvalue weighted by molar-refractivity contribution is 0.109. The van der Waals surface area contributed by atoms with Crippen molar-refractivity contribution >= 4 is 11.7 Å². The van der Waals surface area contributed by atoms with E-state index in [9.17, 15) is 4.79 Å². The molecular weight excluding hydrogens is 306 g/mol. The number of carbonyl (C=O) groups excluding carboxylic acids is 1. The Hall–Kier alpha value is -2.41. The lowest BCUT2D eigenvalue weighted by Crippen LogP contribution is -2.28. The number of amides is 2. The molecule has 1 aliphatic heterocycles. The second-order valence-corrected chi connectivity index (χ2v) is 6.40. The Morgan fingerprint density at radius 3 is 3.12 bits per heavy atom. The maximum Gasteiger partial charge on any atom is 0.319 e. The molecule has 0 aromatic carbocycles. The number of hydrogen-bond acceptors (Lipinski definition) is 4. The quantitative estimate of drug-likeness (QED) is 0.901. The summed E-state index contributed by atoms with van der Waals surface area (Å²) in [6.45, 7) is 1.67. The van der Waals surface area contributed by atoms with Crippen molar-refractivity contribution < 1.29 is 9.53 Å². The Balaban J connectivity index is 1.34. The molecule has 0 unspecified atom stereocenters. The highest BCUT2D eigenvalue weighted by atomic mass is 16.5. The van der Waals surface area contributed by atoms with Crippen LogP contribution in [0.1, 0.15) is 41.4 Å². The molecule has 1 fully saturated rings. The number of nitrogens with one attached hydrogen (secondary N) is 2. The van der Waals surface area contributed by atoms with Crippen LogP contribution in [-0.2, 0) is 31.4 Å². The molecule has 3 heterocycles. The third kappa shape index (κ3) is 3.26. The van der Waals surface area contributed by atoms with Gasteiger partial charge in [-0.1, -0.05) is 0 Å². The van der Waals surface area contributed by atoms with Crippen LogP contribution in [0.3, 0.4) is 0 Å². The minimum absolute atomic E-state index is 0.257. The number of hydrogen-bond donors (Lipinski definition) is 2. The molecule has 7 nitrogen and oxygen atoms in total. The highest BCUT2D eigenvalue weighted by molar-refractivity contribution is 5.89. The van der Waals surface area contributed by atoms with Gasteiger partial charge in [-0.15, -0.1) is 0 Å². The Labute approximate surface area is 140 Å². The number of aromatic nitrogens is 3. The number of rotatable bonds is 4. The molecule has 1 aliphatic carbocycles. The van der Waals surface area contributed by atoms with Crippen LogP contribution in [0, 0.1) is 0 Å². The Kier molecular flexibility index (Phi) is 3.93. The number of aryl methyl sites for hydroxylation is 1. The minimum atomic E-state index is -0.257. The van der Waals surface area contributed by atoms with E-state index >= 15 is 0 Å². The number of pyridine rings is 1. The van der Waals surface area contributed by atoms with E-state index in [1.54, 1.807) is 6.20 Å². The van der Waals surface area contributed by atoms with Gasteiger partial charge in [-0.3, -0.25) is 9.67 Å². The monoisotopic (exact) mass is 327 g/mol. The highest BCUT2D eigenvalue weighted by Crippen LogP contribution is 2.39. The largest absolute Gasteiger partial charge is 0.376 e. The van der Waals surface area contributed by atoms with Crippen molar-refractivity contribution in [3.05, 3.63) is 41.0 Å². The summed E-state index contributed by atoms with van der Waals surface area (Å²) in [6, 6.07) is 3.75. The summed E-state index contributed by atoms with van der Waals surface area (Å²) in [5.41, 5.74) is 4.90. The zero-order valence-corrected chi connectivity index (χ0v) is 13.7. The predicted molar refractivity (Wildman–Crippen MR) is 88.6 cm³/mol. The molecule has 2 aliphatic rings. The number of anilines is 1. The van der Waals surface area contributed by atoms with E-state index in [4.69, 9.17) is 4.74 Å². The van der Waals surface area contributed by atoms with Gasteiger partial charge in [0, 0.05) is 36.3 Å². The third-order valence-electron chi connectivity index (χ3n) is 4.45. The topological polar surface area (TPSA) is 81.1 Å². The average molecular weight is 327 g/mol. The predicted octanol–water partition coefficient (Wildman–Crippen LogP) is 2.09. The smallest absolute Gasteiger partial charge is 0.319 e. The number of nitrogens with zero attached hydrogens (tertiary/aromatic N) is 3. The van der Waals surface area contributed by atoms with Gasteiger partial charge >= 0.3 is 6.03 Å². The Morgan fingerprint density at radius 2 is 2.29 bits per heavy atom. The summed E-state index contributed by atoms with van der Waals surface area (Å²) >= 11 is 0. The van der Waals surface area contributed by atoms with E-state index in [-0.39, 0.29) is 6.03 Å². The second kappa shape index (κ2) is 6.24. The van der Waals surface area contributed by atoms with E-state index in [1.807, 2.05) is 17.8 Å². The fraction of sp³-hybridized carbons (Fsp3) is 0.471. The van der Waals surface area contributed by atoms with E-state index in [1.165, 1.54) is 18.5 Å². The first-order chi connectivity index (χ1) is 11.7. The molecule has 2 amide bonds. The van der Waals surface area contributed by atoms with Crippen molar-refractivity contribution in [1.82, 2.24) is 20.1 Å². The van der Waals surface area contributed by atoms with Crippen molar-refractivity contribution in [3.8, 4) is 0 Å². The van der Waals surface area contributed by atoms with Gasteiger partial charge in [0.1, 0.15) is 0 Å². The van der Waals surface area contributed by atoms with E-state index < -0.39 is 0 Å². The molecule has 24 heavy (non-hydrogen) atoms. The van der Waals surface area contributed by atoms with Crippen molar-refractivity contribution in [2.45, 2.75) is 38.3 Å². The van der Waals surface area contributed by atoms with Gasteiger partial charge in [0.15, 0.2) is 0 Å². The maximum absolute atomic E-state index is 12.1. The second-order valence-electron chi connectivity index (χ2n) is 6.40. The normalized spacial score (nSPS) is 16.5. The molecule has 7 heteroatoms. The van der Waals surface area contributed by atoms with Gasteiger partial charge in [0.05, 0.1) is 37.3 Å². The lowest BCUT2D eigenvalue weighted by Gasteiger charge is -2.16. The van der Waals surface area contributed by atoms with Crippen molar-refractivity contribution in [1.29, 1.82) is 0 Å². The van der Waals surface area contributed by atoms with Crippen molar-refractivity contribution in [3.63, 3.8) is 0 Å². The molecule has 126 valence electrons. The molecule has 0 atom stereocenters. The average Bonchev–Trinajstić information content (AvgIpc) is 3.36. The lowest BCUT2D eigenvalue weighted by atomic mass is 10.1. The summed E-state index contributed by atoms with van der Waals surface area (Å²) in [6.07, 6.45) is 4.99. The SMILES string of the molecule is Cn1nc(CNC(=O)Nc2cnc3c(c2)COCC3)cc1C1CC1. The molecule has 0 bridgehead atoms. The molecule has 2 aromatic heterocycles. The van der Waals surface area contributed by atoms with Gasteiger partial charge in [0.2, 0.25) is 0 Å². The van der Waals surface area contributed by atoms with Gasteiger partial charge in [-0.05, 0) is 25.0 Å². The van der Waals surface area contributed by atoms with Crippen LogP contribution in [0.2, 0.25) is 0 Å². The summed E-state index contributed by atoms with van der Waals surface area (Å²) < 4.78 is 7.34. The van der Waals surface area contributed by atoms with Crippen molar-refractivity contribution in [2.24, 2.45) is 7.05 Å². The molecule has 2 N–H and O–H groups in total. The molecule has 0 saturated heterocycles. The fourth-order valence-electron chi connectivity index (χ4n) is 3.05. The van der Waals surface area contributed by atoms with Gasteiger partial charge in [-0.2, -0.15) is 5.10 Å². The first-order valence-electron chi connectivity index (χ1n) is 8.32. The Morgan fingerprint density at radius 1 is 1.42 bits per heavy atom. The highest BCUT2D eigenvalue weighted by Gasteiger charge is 2.27. The summed E-state index contributed by atoms with van der Waals surface area (Å²) in [4.78, 5) is 16.5. The number of carbonyl (C=O) groups is 1. The fourth-order valence-corrected chi connectivity index (χ4v) is 3.05. The van der Waals surface area contributed by atoms with Crippen LogP contribution >= 0.6 is 0 Å². The first kappa shape index (κ1) is 15.1. The van der Waals surface area contributed by atoms with Gasteiger partial charge in [0.25, 0.3) is 0 Å². The number of ether oxygens (including phenoxy) is 1. The van der Waals surface area contributed by atoms with Gasteiger partial charge in [-0.25, -0.2) is 4.79 Å². The van der Waals surface area contributed by atoms with E-state index in [0.29, 0.717) is 31.4 Å². The van der Waals surface area contributed by atoms with Crippen LogP contribution in [0.25, 0.3) is 0 Å². The molecule has 2 aromatic rings. The summed E-state index contributed by atoms with van der Waals surface area (Å²) in [7, 11) is 1.96. The molecule has 0 radical (unpaired) electrons. The van der Waals surface area contributed by atoms with Gasteiger partial charge < -0.3 is 15.4 Å². The number of fused-ring (bicyclic) bond motifs is 1. The summed E-state index contributed by atoms with van der Waals surface area (Å²) in [5.74, 6) is 0.647. The van der Waals surface area contributed by atoms with Crippen molar-refractivity contribution in [2.75, 3.05) is 11.9 Å². The molecule has 4 rings (SSSR count). The van der Waals surface area contributed by atoms with E-state index in [2.05, 4.69) is 26.8 Å².